The highest BCUT2D eigenvalue weighted by Crippen LogP contribution is 2.35. The van der Waals surface area contributed by atoms with Gasteiger partial charge in [0.1, 0.15) is 4.60 Å². The van der Waals surface area contributed by atoms with E-state index in [4.69, 9.17) is 0 Å². The van der Waals surface area contributed by atoms with Crippen LogP contribution < -0.4 is 4.74 Å². The summed E-state index contributed by atoms with van der Waals surface area (Å²) in [5.74, 6) is -1.34. The fourth-order valence-electron chi connectivity index (χ4n) is 0.859. The second-order valence-electron chi connectivity index (χ2n) is 2.14. The van der Waals surface area contributed by atoms with Crippen LogP contribution in [0.4, 0.5) is 13.2 Å². The molecule has 0 aliphatic carbocycles. The van der Waals surface area contributed by atoms with Gasteiger partial charge in [0, 0.05) is 0 Å². The molecule has 0 atom stereocenters. The minimum atomic E-state index is -2.92. The molecule has 2 nitrogen and oxygen atoms in total. The summed E-state index contributed by atoms with van der Waals surface area (Å²) in [5.41, 5.74) is -0.774. The number of pyridine rings is 1. The first kappa shape index (κ1) is 10.3. The van der Waals surface area contributed by atoms with Crippen LogP contribution >= 0.6 is 15.9 Å². The molecule has 6 heteroatoms. The molecule has 72 valence electrons. The van der Waals surface area contributed by atoms with Gasteiger partial charge in [0.25, 0.3) is 6.43 Å². The minimum Gasteiger partial charge on any atom is -0.493 e. The molecule has 0 aromatic carbocycles. The Kier molecular flexibility index (Phi) is 3.13. The van der Waals surface area contributed by atoms with Crippen molar-refractivity contribution in [1.29, 1.82) is 0 Å². The normalized spacial score (nSPS) is 10.6. The van der Waals surface area contributed by atoms with Gasteiger partial charge in [0.05, 0.1) is 18.9 Å². The first-order valence-corrected chi connectivity index (χ1v) is 4.03. The lowest BCUT2D eigenvalue weighted by Crippen LogP contribution is -1.99. The SMILES string of the molecule is COc1c(Br)ncc(F)c1C(F)F. The Hall–Kier alpha value is -0.780. The molecule has 13 heavy (non-hydrogen) atoms. The van der Waals surface area contributed by atoms with Gasteiger partial charge in [-0.25, -0.2) is 18.2 Å². The highest BCUT2D eigenvalue weighted by molar-refractivity contribution is 9.10. The molecule has 0 aliphatic heterocycles. The van der Waals surface area contributed by atoms with Crippen molar-refractivity contribution >= 4 is 15.9 Å². The molecule has 0 fully saturated rings. The molecule has 0 saturated heterocycles. The number of ether oxygens (including phenoxy) is 1. The Morgan fingerprint density at radius 2 is 2.15 bits per heavy atom. The Morgan fingerprint density at radius 3 is 2.54 bits per heavy atom. The maximum atomic E-state index is 12.8. The van der Waals surface area contributed by atoms with Gasteiger partial charge in [-0.05, 0) is 15.9 Å². The van der Waals surface area contributed by atoms with Crippen molar-refractivity contribution in [3.8, 4) is 5.75 Å². The van der Waals surface area contributed by atoms with E-state index in [1.165, 1.54) is 7.11 Å². The molecule has 0 spiro atoms. The largest absolute Gasteiger partial charge is 0.493 e. The van der Waals surface area contributed by atoms with Gasteiger partial charge in [0.2, 0.25) is 0 Å². The summed E-state index contributed by atoms with van der Waals surface area (Å²) in [6.07, 6.45) is -2.21. The molecule has 1 aromatic rings. The lowest BCUT2D eigenvalue weighted by molar-refractivity contribution is 0.141. The predicted octanol–water partition coefficient (Wildman–Crippen LogP) is 2.93. The van der Waals surface area contributed by atoms with Crippen molar-refractivity contribution in [1.82, 2.24) is 4.98 Å². The number of alkyl halides is 2. The molecule has 0 N–H and O–H groups in total. The van der Waals surface area contributed by atoms with Crippen molar-refractivity contribution in [2.75, 3.05) is 7.11 Å². The van der Waals surface area contributed by atoms with E-state index in [-0.39, 0.29) is 10.4 Å². The van der Waals surface area contributed by atoms with Crippen molar-refractivity contribution in [3.05, 3.63) is 22.2 Å². The Morgan fingerprint density at radius 1 is 1.54 bits per heavy atom. The third-order valence-electron chi connectivity index (χ3n) is 1.40. The predicted molar refractivity (Wildman–Crippen MR) is 43.4 cm³/mol. The maximum absolute atomic E-state index is 12.8. The van der Waals surface area contributed by atoms with E-state index in [1.54, 1.807) is 0 Å². The minimum absolute atomic E-state index is 0.0618. The van der Waals surface area contributed by atoms with Gasteiger partial charge >= 0.3 is 0 Å². The van der Waals surface area contributed by atoms with E-state index in [9.17, 15) is 13.2 Å². The van der Waals surface area contributed by atoms with E-state index in [0.717, 1.165) is 0 Å². The number of methoxy groups -OCH3 is 1. The van der Waals surface area contributed by atoms with E-state index >= 15 is 0 Å². The summed E-state index contributed by atoms with van der Waals surface area (Å²) in [4.78, 5) is 3.48. The van der Waals surface area contributed by atoms with Crippen LogP contribution in [0, 0.1) is 5.82 Å². The molecular formula is C7H5BrF3NO. The molecule has 0 unspecified atom stereocenters. The summed E-state index contributed by atoms with van der Waals surface area (Å²) < 4.78 is 42.0. The Labute approximate surface area is 80.9 Å². The third-order valence-corrected chi connectivity index (χ3v) is 1.97. The van der Waals surface area contributed by atoms with E-state index in [1.807, 2.05) is 0 Å². The van der Waals surface area contributed by atoms with Crippen LogP contribution in [0.2, 0.25) is 0 Å². The van der Waals surface area contributed by atoms with Crippen LogP contribution in [-0.2, 0) is 0 Å². The van der Waals surface area contributed by atoms with Gasteiger partial charge in [-0.2, -0.15) is 0 Å². The number of halogens is 4. The average molecular weight is 256 g/mol. The molecule has 0 amide bonds. The lowest BCUT2D eigenvalue weighted by atomic mass is 10.2. The molecular weight excluding hydrogens is 251 g/mol. The van der Waals surface area contributed by atoms with Gasteiger partial charge in [0.15, 0.2) is 11.6 Å². The topological polar surface area (TPSA) is 22.1 Å². The van der Waals surface area contributed by atoms with Crippen molar-refractivity contribution in [2.45, 2.75) is 6.43 Å². The average Bonchev–Trinajstić information content (AvgIpc) is 2.07. The van der Waals surface area contributed by atoms with Gasteiger partial charge in [-0.1, -0.05) is 0 Å². The number of hydrogen-bond donors (Lipinski definition) is 0. The first-order chi connectivity index (χ1) is 6.07. The van der Waals surface area contributed by atoms with E-state index in [2.05, 4.69) is 25.7 Å². The lowest BCUT2D eigenvalue weighted by Gasteiger charge is -2.09. The smallest absolute Gasteiger partial charge is 0.270 e. The van der Waals surface area contributed by atoms with Crippen LogP contribution in [0.1, 0.15) is 12.0 Å². The standard InChI is InChI=1S/C7H5BrF3NO/c1-13-5-4(7(10)11)3(9)2-12-6(5)8/h2,7H,1H3. The van der Waals surface area contributed by atoms with Crippen LogP contribution in [0.25, 0.3) is 0 Å². The number of aromatic nitrogens is 1. The van der Waals surface area contributed by atoms with Gasteiger partial charge in [-0.3, -0.25) is 0 Å². The van der Waals surface area contributed by atoms with Crippen molar-refractivity contribution in [2.24, 2.45) is 0 Å². The third kappa shape index (κ3) is 1.93. The Balaban J connectivity index is 3.35. The molecule has 0 bridgehead atoms. The second-order valence-corrected chi connectivity index (χ2v) is 2.90. The fourth-order valence-corrected chi connectivity index (χ4v) is 1.34. The van der Waals surface area contributed by atoms with Gasteiger partial charge in [-0.15, -0.1) is 0 Å². The zero-order valence-electron chi connectivity index (χ0n) is 6.52. The summed E-state index contributed by atoms with van der Waals surface area (Å²) in [7, 11) is 1.17. The summed E-state index contributed by atoms with van der Waals surface area (Å²) in [5, 5.41) is 0. The number of rotatable bonds is 2. The quantitative estimate of drug-likeness (QED) is 0.759. The summed E-state index contributed by atoms with van der Waals surface area (Å²) in [6, 6.07) is 0. The summed E-state index contributed by atoms with van der Waals surface area (Å²) >= 11 is 2.87. The van der Waals surface area contributed by atoms with Crippen molar-refractivity contribution in [3.63, 3.8) is 0 Å². The number of nitrogens with zero attached hydrogens (tertiary/aromatic N) is 1. The zero-order valence-corrected chi connectivity index (χ0v) is 8.11. The van der Waals surface area contributed by atoms with Crippen LogP contribution in [-0.4, -0.2) is 12.1 Å². The second kappa shape index (κ2) is 3.95. The maximum Gasteiger partial charge on any atom is 0.270 e. The zero-order chi connectivity index (χ0) is 10.0. The van der Waals surface area contributed by atoms with Crippen LogP contribution in [0.3, 0.4) is 0 Å². The van der Waals surface area contributed by atoms with Gasteiger partial charge < -0.3 is 4.74 Å². The fraction of sp³-hybridized carbons (Fsp3) is 0.286. The molecule has 0 radical (unpaired) electrons. The molecule has 0 saturated carbocycles. The Bertz CT molecular complexity index is 319. The molecule has 1 aromatic heterocycles. The van der Waals surface area contributed by atoms with E-state index in [0.29, 0.717) is 6.20 Å². The highest BCUT2D eigenvalue weighted by Gasteiger charge is 2.22. The van der Waals surface area contributed by atoms with Crippen LogP contribution in [0.5, 0.6) is 5.75 Å². The molecule has 1 heterocycles. The molecule has 1 rings (SSSR count). The molecule has 0 aliphatic rings. The summed E-state index contributed by atoms with van der Waals surface area (Å²) in [6.45, 7) is 0. The van der Waals surface area contributed by atoms with Crippen LogP contribution in [0.15, 0.2) is 10.8 Å². The van der Waals surface area contributed by atoms with E-state index < -0.39 is 17.8 Å². The number of hydrogen-bond acceptors (Lipinski definition) is 2. The first-order valence-electron chi connectivity index (χ1n) is 3.24. The van der Waals surface area contributed by atoms with Crippen molar-refractivity contribution < 1.29 is 17.9 Å². The highest BCUT2D eigenvalue weighted by atomic mass is 79.9. The monoisotopic (exact) mass is 255 g/mol.